The molecule has 0 bridgehead atoms. The molecule has 1 fully saturated rings. The van der Waals surface area contributed by atoms with Crippen LogP contribution in [0.5, 0.6) is 0 Å². The second-order valence-electron chi connectivity index (χ2n) is 6.88. The van der Waals surface area contributed by atoms with Crippen LogP contribution in [0.2, 0.25) is 0 Å². The molecule has 1 aliphatic heterocycles. The smallest absolute Gasteiger partial charge is 0.254 e. The van der Waals surface area contributed by atoms with Crippen LogP contribution in [0.1, 0.15) is 36.1 Å². The van der Waals surface area contributed by atoms with E-state index in [1.807, 2.05) is 11.4 Å². The summed E-state index contributed by atoms with van der Waals surface area (Å²) in [6, 6.07) is 6.68. The number of fused-ring (bicyclic) bond motifs is 1. The van der Waals surface area contributed by atoms with E-state index in [1.54, 1.807) is 24.3 Å². The molecular weight excluding hydrogens is 364 g/mol. The van der Waals surface area contributed by atoms with Crippen molar-refractivity contribution in [1.29, 1.82) is 0 Å². The number of piperidine rings is 1. The minimum Gasteiger partial charge on any atom is -0.356 e. The van der Waals surface area contributed by atoms with Crippen molar-refractivity contribution in [2.45, 2.75) is 37.5 Å². The maximum absolute atomic E-state index is 11.5. The van der Waals surface area contributed by atoms with Crippen LogP contribution in [-0.2, 0) is 16.4 Å². The lowest BCUT2D eigenvalue weighted by atomic mass is 10.0. The zero-order valence-electron chi connectivity index (χ0n) is 15.2. The molecule has 142 valence electrons. The van der Waals surface area contributed by atoms with Gasteiger partial charge in [-0.05, 0) is 43.9 Å². The summed E-state index contributed by atoms with van der Waals surface area (Å²) in [6.07, 6.45) is 5.71. The molecule has 3 heterocycles. The van der Waals surface area contributed by atoms with Gasteiger partial charge in [-0.15, -0.1) is 0 Å². The van der Waals surface area contributed by atoms with Crippen molar-refractivity contribution in [3.63, 3.8) is 0 Å². The van der Waals surface area contributed by atoms with Crippen molar-refractivity contribution in [2.75, 3.05) is 18.0 Å². The first kappa shape index (κ1) is 17.9. The predicted molar refractivity (Wildman–Crippen MR) is 102 cm³/mol. The largest absolute Gasteiger partial charge is 0.356 e. The quantitative estimate of drug-likeness (QED) is 0.731. The topological polar surface area (TPSA) is 106 Å². The molecule has 2 N–H and O–H groups in total. The molecule has 1 saturated heterocycles. The van der Waals surface area contributed by atoms with Crippen molar-refractivity contribution in [3.05, 3.63) is 47.4 Å². The van der Waals surface area contributed by atoms with Crippen molar-refractivity contribution in [1.82, 2.24) is 19.6 Å². The lowest BCUT2D eigenvalue weighted by molar-refractivity contribution is 0.566. The third kappa shape index (κ3) is 3.52. The van der Waals surface area contributed by atoms with Gasteiger partial charge >= 0.3 is 0 Å². The minimum atomic E-state index is -3.69. The van der Waals surface area contributed by atoms with Crippen LogP contribution in [0.3, 0.4) is 0 Å². The average Bonchev–Trinajstić information content (AvgIpc) is 3.10. The molecule has 4 rings (SSSR count). The second kappa shape index (κ2) is 6.90. The Morgan fingerprint density at radius 1 is 1.11 bits per heavy atom. The monoisotopic (exact) mass is 386 g/mol. The summed E-state index contributed by atoms with van der Waals surface area (Å²) in [5.74, 6) is 1.63. The summed E-state index contributed by atoms with van der Waals surface area (Å²) in [6.45, 7) is 3.95. The highest BCUT2D eigenvalue weighted by molar-refractivity contribution is 7.89. The fourth-order valence-corrected chi connectivity index (χ4v) is 4.12. The number of hydrogen-bond donors (Lipinski definition) is 1. The van der Waals surface area contributed by atoms with Gasteiger partial charge in [-0.2, -0.15) is 14.6 Å². The van der Waals surface area contributed by atoms with Gasteiger partial charge in [-0.25, -0.2) is 18.5 Å². The molecule has 1 aromatic carbocycles. The van der Waals surface area contributed by atoms with Gasteiger partial charge < -0.3 is 4.90 Å². The number of nitrogens with zero attached hydrogens (tertiary/aromatic N) is 5. The van der Waals surface area contributed by atoms with Crippen LogP contribution in [-0.4, -0.2) is 41.1 Å². The minimum absolute atomic E-state index is 0.115. The highest BCUT2D eigenvalue weighted by Gasteiger charge is 2.22. The molecule has 0 atom stereocenters. The number of nitrogens with two attached hydrogens (primary N) is 1. The number of anilines is 1. The van der Waals surface area contributed by atoms with E-state index >= 15 is 0 Å². The van der Waals surface area contributed by atoms with Crippen LogP contribution < -0.4 is 10.0 Å². The van der Waals surface area contributed by atoms with Gasteiger partial charge in [0.05, 0.1) is 4.90 Å². The SMILES string of the molecule is Cc1nc2ncnn2c(N2CCCCC2)c1Cc1ccc(S(N)(=O)=O)cc1. The van der Waals surface area contributed by atoms with E-state index in [-0.39, 0.29) is 4.90 Å². The highest BCUT2D eigenvalue weighted by Crippen LogP contribution is 2.28. The first-order valence-electron chi connectivity index (χ1n) is 8.99. The maximum Gasteiger partial charge on any atom is 0.254 e. The molecular formula is C18H22N6O2S. The first-order valence-corrected chi connectivity index (χ1v) is 10.5. The number of aryl methyl sites for hydroxylation is 1. The van der Waals surface area contributed by atoms with E-state index in [2.05, 4.69) is 20.0 Å². The molecule has 9 heteroatoms. The zero-order chi connectivity index (χ0) is 19.0. The van der Waals surface area contributed by atoms with Crippen LogP contribution in [0.25, 0.3) is 5.78 Å². The molecule has 8 nitrogen and oxygen atoms in total. The molecule has 3 aromatic rings. The van der Waals surface area contributed by atoms with Crippen LogP contribution in [0.4, 0.5) is 5.82 Å². The van der Waals surface area contributed by atoms with Crippen molar-refractivity contribution in [3.8, 4) is 0 Å². The van der Waals surface area contributed by atoms with E-state index in [0.29, 0.717) is 12.2 Å². The maximum atomic E-state index is 11.5. The van der Waals surface area contributed by atoms with E-state index in [4.69, 9.17) is 5.14 Å². The third-order valence-electron chi connectivity index (χ3n) is 4.99. The standard InChI is InChI=1S/C18H22N6O2S/c1-13-16(11-14-5-7-15(8-6-14)27(19,25)26)17(23-9-3-2-4-10-23)24-18(22-13)20-12-21-24/h5-8,12H,2-4,9-11H2,1H3,(H2,19,25,26). The Morgan fingerprint density at radius 3 is 2.48 bits per heavy atom. The predicted octanol–water partition coefficient (Wildman–Crippen LogP) is 1.66. The lowest BCUT2D eigenvalue weighted by Gasteiger charge is -2.31. The number of hydrogen-bond acceptors (Lipinski definition) is 6. The van der Waals surface area contributed by atoms with Gasteiger partial charge in [0.25, 0.3) is 5.78 Å². The zero-order valence-corrected chi connectivity index (χ0v) is 16.0. The van der Waals surface area contributed by atoms with Crippen molar-refractivity contribution < 1.29 is 8.42 Å². The molecule has 2 aromatic heterocycles. The average molecular weight is 386 g/mol. The number of primary sulfonamides is 1. The Morgan fingerprint density at radius 2 is 1.81 bits per heavy atom. The highest BCUT2D eigenvalue weighted by atomic mass is 32.2. The molecule has 0 amide bonds. The van der Waals surface area contributed by atoms with E-state index in [9.17, 15) is 8.42 Å². The lowest BCUT2D eigenvalue weighted by Crippen LogP contribution is -2.32. The fraction of sp³-hybridized carbons (Fsp3) is 0.389. The number of benzene rings is 1. The van der Waals surface area contributed by atoms with Crippen LogP contribution >= 0.6 is 0 Å². The summed E-state index contributed by atoms with van der Waals surface area (Å²) in [4.78, 5) is 11.3. The van der Waals surface area contributed by atoms with Crippen molar-refractivity contribution in [2.24, 2.45) is 5.14 Å². The fourth-order valence-electron chi connectivity index (χ4n) is 3.61. The number of rotatable bonds is 4. The van der Waals surface area contributed by atoms with E-state index < -0.39 is 10.0 Å². The van der Waals surface area contributed by atoms with Crippen molar-refractivity contribution >= 4 is 21.6 Å². The molecule has 0 unspecified atom stereocenters. The molecule has 0 radical (unpaired) electrons. The van der Waals surface area contributed by atoms with Gasteiger partial charge in [0.15, 0.2) is 0 Å². The normalized spacial score (nSPS) is 15.4. The van der Waals surface area contributed by atoms with Gasteiger partial charge in [-0.3, -0.25) is 0 Å². The Labute approximate surface area is 158 Å². The first-order chi connectivity index (χ1) is 12.9. The molecule has 1 aliphatic rings. The summed E-state index contributed by atoms with van der Waals surface area (Å²) in [7, 11) is -3.69. The number of aromatic nitrogens is 4. The second-order valence-corrected chi connectivity index (χ2v) is 8.45. The van der Waals surface area contributed by atoms with E-state index in [0.717, 1.165) is 48.6 Å². The Kier molecular flexibility index (Phi) is 4.56. The van der Waals surface area contributed by atoms with Crippen LogP contribution in [0, 0.1) is 6.92 Å². The Balaban J connectivity index is 1.77. The molecule has 0 spiro atoms. The summed E-state index contributed by atoms with van der Waals surface area (Å²) in [5.41, 5.74) is 2.98. The van der Waals surface area contributed by atoms with Gasteiger partial charge in [0, 0.05) is 30.8 Å². The Bertz CT molecular complexity index is 1070. The summed E-state index contributed by atoms with van der Waals surface area (Å²) in [5, 5.41) is 9.58. The molecule has 0 aliphatic carbocycles. The van der Waals surface area contributed by atoms with Crippen LogP contribution in [0.15, 0.2) is 35.5 Å². The van der Waals surface area contributed by atoms with Gasteiger partial charge in [0.1, 0.15) is 12.1 Å². The van der Waals surface area contributed by atoms with Gasteiger partial charge in [0.2, 0.25) is 10.0 Å². The van der Waals surface area contributed by atoms with E-state index in [1.165, 1.54) is 12.7 Å². The Hall–Kier alpha value is -2.52. The molecule has 27 heavy (non-hydrogen) atoms. The molecule has 0 saturated carbocycles. The van der Waals surface area contributed by atoms with Gasteiger partial charge in [-0.1, -0.05) is 12.1 Å². The third-order valence-corrected chi connectivity index (χ3v) is 5.92. The summed E-state index contributed by atoms with van der Waals surface area (Å²) >= 11 is 0. The summed E-state index contributed by atoms with van der Waals surface area (Å²) < 4.78 is 24.8. The number of sulfonamides is 1.